The Hall–Kier alpha value is -2.07. The van der Waals surface area contributed by atoms with Crippen molar-refractivity contribution in [1.29, 1.82) is 0 Å². The van der Waals surface area contributed by atoms with Gasteiger partial charge in [-0.05, 0) is 11.1 Å². The van der Waals surface area contributed by atoms with Crippen LogP contribution in [0.15, 0.2) is 60.4 Å². The first-order chi connectivity index (χ1) is 8.72. The molecule has 18 heavy (non-hydrogen) atoms. The molecule has 4 heteroatoms. The molecule has 0 heterocycles. The van der Waals surface area contributed by atoms with Gasteiger partial charge in [0.2, 0.25) is 0 Å². The summed E-state index contributed by atoms with van der Waals surface area (Å²) in [5, 5.41) is 0. The molecule has 0 fully saturated rings. The molecule has 5 N–H and O–H groups in total. The highest BCUT2D eigenvalue weighted by Crippen LogP contribution is 2.21. The summed E-state index contributed by atoms with van der Waals surface area (Å²) in [7, 11) is 0. The van der Waals surface area contributed by atoms with Crippen molar-refractivity contribution in [3.05, 3.63) is 66.0 Å². The minimum absolute atomic E-state index is 0.353. The van der Waals surface area contributed by atoms with Crippen LogP contribution in [0, 0.1) is 0 Å². The summed E-state index contributed by atoms with van der Waals surface area (Å²) >= 11 is 3.87. The summed E-state index contributed by atoms with van der Waals surface area (Å²) < 4.78 is 2.54. The molecule has 0 aliphatic carbocycles. The van der Waals surface area contributed by atoms with Crippen molar-refractivity contribution >= 4 is 18.5 Å². The number of nitrogens with one attached hydrogen (secondary N) is 1. The molecule has 92 valence electrons. The molecular weight excluding hydrogens is 242 g/mol. The zero-order chi connectivity index (χ0) is 13.0. The molecular formula is C14H15N3S. The van der Waals surface area contributed by atoms with Gasteiger partial charge < -0.3 is 16.2 Å². The Balaban J connectivity index is 2.32. The summed E-state index contributed by atoms with van der Waals surface area (Å²) in [5.74, 6) is 0.353. The highest BCUT2D eigenvalue weighted by molar-refractivity contribution is 7.78. The Morgan fingerprint density at radius 2 is 1.39 bits per heavy atom. The Kier molecular flexibility index (Phi) is 3.79. The molecule has 2 rings (SSSR count). The molecule has 0 spiro atoms. The Morgan fingerprint density at radius 3 is 1.94 bits per heavy atom. The summed E-state index contributed by atoms with van der Waals surface area (Å²) in [6, 6.07) is 18.1. The molecule has 0 bridgehead atoms. The minimum Gasteiger partial charge on any atom is -0.395 e. The summed E-state index contributed by atoms with van der Waals surface area (Å²) in [6.45, 7) is 0. The normalized spacial score (nSPS) is 11.8. The van der Waals surface area contributed by atoms with E-state index in [1.165, 1.54) is 5.56 Å². The Bertz CT molecular complexity index is 547. The van der Waals surface area contributed by atoms with Crippen LogP contribution in [-0.4, -0.2) is 0 Å². The quantitative estimate of drug-likeness (QED) is 0.638. The molecule has 0 amide bonds. The molecule has 0 radical (unpaired) electrons. The second-order valence-corrected chi connectivity index (χ2v) is 4.11. The van der Waals surface area contributed by atoms with Gasteiger partial charge in [0, 0.05) is 5.56 Å². The topological polar surface area (TPSA) is 64.1 Å². The van der Waals surface area contributed by atoms with Crippen LogP contribution in [0.2, 0.25) is 0 Å². The molecule has 0 saturated heterocycles. The van der Waals surface area contributed by atoms with E-state index < -0.39 is 0 Å². The van der Waals surface area contributed by atoms with Crippen LogP contribution in [0.4, 0.5) is 0 Å². The molecule has 0 saturated carbocycles. The molecule has 0 aromatic heterocycles. The van der Waals surface area contributed by atoms with Gasteiger partial charge in [-0.2, -0.15) is 0 Å². The van der Waals surface area contributed by atoms with Gasteiger partial charge in [0.1, 0.15) is 5.82 Å². The van der Waals surface area contributed by atoms with Gasteiger partial charge in [0.15, 0.2) is 0 Å². The van der Waals surface area contributed by atoms with E-state index in [-0.39, 0.29) is 0 Å². The first-order valence-electron chi connectivity index (χ1n) is 5.53. The first-order valence-corrected chi connectivity index (χ1v) is 5.98. The van der Waals surface area contributed by atoms with E-state index in [0.717, 1.165) is 11.1 Å². The Morgan fingerprint density at radius 1 is 0.833 bits per heavy atom. The minimum atomic E-state index is 0.353. The van der Waals surface area contributed by atoms with Gasteiger partial charge in [-0.15, -0.1) is 0 Å². The van der Waals surface area contributed by atoms with Crippen molar-refractivity contribution in [3.63, 3.8) is 0 Å². The molecule has 0 atom stereocenters. The van der Waals surface area contributed by atoms with Gasteiger partial charge in [0.05, 0.1) is 5.70 Å². The molecule has 0 unspecified atom stereocenters. The van der Waals surface area contributed by atoms with E-state index in [4.69, 9.17) is 11.5 Å². The maximum Gasteiger partial charge on any atom is 0.130 e. The fourth-order valence-corrected chi connectivity index (χ4v) is 1.81. The largest absolute Gasteiger partial charge is 0.395 e. The third kappa shape index (κ3) is 2.60. The third-order valence-electron chi connectivity index (χ3n) is 2.71. The lowest BCUT2D eigenvalue weighted by Crippen LogP contribution is -2.16. The van der Waals surface area contributed by atoms with Crippen LogP contribution in [-0.2, 0) is 0 Å². The van der Waals surface area contributed by atoms with Crippen LogP contribution in [0.1, 0.15) is 5.56 Å². The van der Waals surface area contributed by atoms with Crippen LogP contribution in [0.25, 0.3) is 16.8 Å². The van der Waals surface area contributed by atoms with Gasteiger partial charge in [-0.1, -0.05) is 67.4 Å². The molecule has 0 aliphatic heterocycles. The van der Waals surface area contributed by atoms with E-state index >= 15 is 0 Å². The lowest BCUT2D eigenvalue weighted by Gasteiger charge is -2.07. The standard InChI is InChI=1S/C14H15N3S/c15-13(14(16)17-18)12-8-6-11(7-9-12)10-4-2-1-3-5-10/h1-9,17-18H,15-16H2/b14-13-. The van der Waals surface area contributed by atoms with E-state index in [2.05, 4.69) is 29.7 Å². The fourth-order valence-electron chi connectivity index (χ4n) is 1.69. The number of thiol groups is 1. The number of nitrogens with two attached hydrogens (primary N) is 2. The van der Waals surface area contributed by atoms with Crippen molar-refractivity contribution in [2.45, 2.75) is 0 Å². The van der Waals surface area contributed by atoms with E-state index in [9.17, 15) is 0 Å². The zero-order valence-electron chi connectivity index (χ0n) is 9.80. The van der Waals surface area contributed by atoms with Gasteiger partial charge in [0.25, 0.3) is 0 Å². The molecule has 2 aromatic rings. The monoisotopic (exact) mass is 257 g/mol. The third-order valence-corrected chi connectivity index (χ3v) is 2.95. The maximum absolute atomic E-state index is 5.88. The van der Waals surface area contributed by atoms with Crippen molar-refractivity contribution in [1.82, 2.24) is 4.72 Å². The van der Waals surface area contributed by atoms with Gasteiger partial charge in [-0.3, -0.25) is 0 Å². The van der Waals surface area contributed by atoms with Crippen molar-refractivity contribution < 1.29 is 0 Å². The SMILES string of the molecule is N/C(NS)=C(/N)c1ccc(-c2ccccc2)cc1. The van der Waals surface area contributed by atoms with Gasteiger partial charge in [-0.25, -0.2) is 0 Å². The number of benzene rings is 2. The highest BCUT2D eigenvalue weighted by Gasteiger charge is 2.02. The smallest absolute Gasteiger partial charge is 0.130 e. The second kappa shape index (κ2) is 5.51. The number of rotatable bonds is 3. The maximum atomic E-state index is 5.88. The van der Waals surface area contributed by atoms with Gasteiger partial charge >= 0.3 is 0 Å². The molecule has 2 aromatic carbocycles. The molecule has 3 nitrogen and oxygen atoms in total. The number of hydrogen-bond acceptors (Lipinski definition) is 4. The van der Waals surface area contributed by atoms with Crippen LogP contribution in [0.3, 0.4) is 0 Å². The van der Waals surface area contributed by atoms with Crippen LogP contribution in [0.5, 0.6) is 0 Å². The molecule has 0 aliphatic rings. The van der Waals surface area contributed by atoms with Crippen LogP contribution >= 0.6 is 12.8 Å². The van der Waals surface area contributed by atoms with Crippen LogP contribution < -0.4 is 16.2 Å². The zero-order valence-corrected chi connectivity index (χ0v) is 10.7. The average Bonchev–Trinajstić information content (AvgIpc) is 2.47. The van der Waals surface area contributed by atoms with Crippen molar-refractivity contribution in [3.8, 4) is 11.1 Å². The highest BCUT2D eigenvalue weighted by atomic mass is 32.1. The lowest BCUT2D eigenvalue weighted by molar-refractivity contribution is 1.15. The Labute approximate surface area is 112 Å². The predicted molar refractivity (Wildman–Crippen MR) is 79.3 cm³/mol. The van der Waals surface area contributed by atoms with E-state index in [0.29, 0.717) is 11.5 Å². The summed E-state index contributed by atoms with van der Waals surface area (Å²) in [4.78, 5) is 0. The number of hydrogen-bond donors (Lipinski definition) is 4. The summed E-state index contributed by atoms with van der Waals surface area (Å²) in [6.07, 6.45) is 0. The van der Waals surface area contributed by atoms with E-state index in [1.54, 1.807) is 0 Å². The van der Waals surface area contributed by atoms with E-state index in [1.807, 2.05) is 42.5 Å². The van der Waals surface area contributed by atoms with Crippen molar-refractivity contribution in [2.75, 3.05) is 0 Å². The fraction of sp³-hybridized carbons (Fsp3) is 0. The second-order valence-electron chi connectivity index (χ2n) is 3.88. The predicted octanol–water partition coefficient (Wildman–Crippen LogP) is 2.33. The van der Waals surface area contributed by atoms with Crippen molar-refractivity contribution in [2.24, 2.45) is 11.5 Å². The average molecular weight is 257 g/mol. The lowest BCUT2D eigenvalue weighted by atomic mass is 10.0. The summed E-state index contributed by atoms with van der Waals surface area (Å²) in [5.41, 5.74) is 15.2. The first kappa shape index (κ1) is 12.4.